The molecule has 6 nitrogen and oxygen atoms in total. The monoisotopic (exact) mass is 347 g/mol. The Hall–Kier alpha value is -3.01. The number of nitriles is 3. The Morgan fingerprint density at radius 1 is 1.19 bits per heavy atom. The van der Waals surface area contributed by atoms with E-state index in [1.807, 2.05) is 31.3 Å². The molecule has 0 bridgehead atoms. The van der Waals surface area contributed by atoms with Crippen LogP contribution in [-0.2, 0) is 0 Å². The minimum atomic E-state index is -1.54. The fraction of sp³-hybridized carbons (Fsp3) is 0.450. The van der Waals surface area contributed by atoms with Gasteiger partial charge in [-0.2, -0.15) is 15.8 Å². The van der Waals surface area contributed by atoms with E-state index in [0.717, 1.165) is 18.5 Å². The van der Waals surface area contributed by atoms with Crippen molar-refractivity contribution in [2.24, 2.45) is 23.0 Å². The van der Waals surface area contributed by atoms with E-state index in [1.54, 1.807) is 7.11 Å². The number of benzene rings is 1. The van der Waals surface area contributed by atoms with E-state index in [4.69, 9.17) is 10.5 Å². The number of likely N-dealkylation sites (tertiary alicyclic amines) is 1. The van der Waals surface area contributed by atoms with Crippen molar-refractivity contribution in [2.45, 2.75) is 12.3 Å². The Morgan fingerprint density at radius 2 is 1.85 bits per heavy atom. The summed E-state index contributed by atoms with van der Waals surface area (Å²) in [5.74, 6) is 0.261. The highest BCUT2D eigenvalue weighted by molar-refractivity contribution is 5.50. The van der Waals surface area contributed by atoms with Gasteiger partial charge in [0.2, 0.25) is 0 Å². The second-order valence-corrected chi connectivity index (χ2v) is 7.04. The van der Waals surface area contributed by atoms with Gasteiger partial charge in [0, 0.05) is 18.4 Å². The van der Waals surface area contributed by atoms with Crippen molar-refractivity contribution in [3.63, 3.8) is 0 Å². The van der Waals surface area contributed by atoms with E-state index in [9.17, 15) is 15.8 Å². The molecule has 2 N–H and O–H groups in total. The molecule has 0 spiro atoms. The van der Waals surface area contributed by atoms with Crippen molar-refractivity contribution < 1.29 is 4.74 Å². The maximum Gasteiger partial charge on any atom is 0.190 e. The lowest BCUT2D eigenvalue weighted by Crippen LogP contribution is -2.51. The Bertz CT molecular complexity index is 838. The topological polar surface area (TPSA) is 110 Å². The minimum absolute atomic E-state index is 0.0246. The van der Waals surface area contributed by atoms with Gasteiger partial charge in [0.1, 0.15) is 5.75 Å². The third-order valence-corrected chi connectivity index (χ3v) is 5.79. The van der Waals surface area contributed by atoms with Crippen molar-refractivity contribution in [1.82, 2.24) is 4.90 Å². The van der Waals surface area contributed by atoms with Crippen LogP contribution in [0.4, 0.5) is 0 Å². The van der Waals surface area contributed by atoms with Gasteiger partial charge in [-0.25, -0.2) is 0 Å². The molecule has 1 aliphatic heterocycles. The summed E-state index contributed by atoms with van der Waals surface area (Å²) in [5, 5.41) is 29.6. The number of fused-ring (bicyclic) bond motifs is 1. The van der Waals surface area contributed by atoms with Crippen molar-refractivity contribution in [1.29, 1.82) is 15.8 Å². The van der Waals surface area contributed by atoms with E-state index >= 15 is 0 Å². The molecule has 0 saturated carbocycles. The molecule has 0 unspecified atom stereocenters. The number of piperidine rings is 1. The summed E-state index contributed by atoms with van der Waals surface area (Å²) in [7, 11) is 3.62. The van der Waals surface area contributed by atoms with Crippen LogP contribution in [0.25, 0.3) is 0 Å². The Kier molecular flexibility index (Phi) is 4.60. The molecule has 132 valence electrons. The summed E-state index contributed by atoms with van der Waals surface area (Å²) in [4.78, 5) is 2.19. The number of rotatable bonds is 2. The molecule has 26 heavy (non-hydrogen) atoms. The normalized spacial score (nSPS) is 27.6. The van der Waals surface area contributed by atoms with Crippen LogP contribution in [0.15, 0.2) is 35.5 Å². The van der Waals surface area contributed by atoms with Gasteiger partial charge in [0.25, 0.3) is 0 Å². The van der Waals surface area contributed by atoms with E-state index in [1.165, 1.54) is 0 Å². The molecule has 1 saturated heterocycles. The Balaban J connectivity index is 2.23. The van der Waals surface area contributed by atoms with Crippen LogP contribution in [0.1, 0.15) is 17.9 Å². The fourth-order valence-corrected chi connectivity index (χ4v) is 4.49. The lowest BCUT2D eigenvalue weighted by atomic mass is 9.55. The highest BCUT2D eigenvalue weighted by atomic mass is 16.5. The highest BCUT2D eigenvalue weighted by Crippen LogP contribution is 2.55. The molecule has 1 heterocycles. The summed E-state index contributed by atoms with van der Waals surface area (Å²) in [5.41, 5.74) is 6.16. The van der Waals surface area contributed by atoms with Crippen molar-refractivity contribution in [2.75, 3.05) is 27.2 Å². The molecule has 6 heteroatoms. The van der Waals surface area contributed by atoms with E-state index in [-0.39, 0.29) is 17.5 Å². The zero-order valence-electron chi connectivity index (χ0n) is 14.9. The van der Waals surface area contributed by atoms with Gasteiger partial charge < -0.3 is 15.4 Å². The molecule has 0 radical (unpaired) electrons. The first-order chi connectivity index (χ1) is 12.5. The van der Waals surface area contributed by atoms with Crippen molar-refractivity contribution >= 4 is 0 Å². The lowest BCUT2D eigenvalue weighted by molar-refractivity contribution is 0.109. The molecule has 3 atom stereocenters. The average Bonchev–Trinajstić information content (AvgIpc) is 2.67. The second kappa shape index (κ2) is 6.71. The first kappa shape index (κ1) is 17.8. The van der Waals surface area contributed by atoms with Crippen LogP contribution in [0, 0.1) is 51.2 Å². The molecule has 0 aromatic heterocycles. The molecule has 1 fully saturated rings. The average molecular weight is 347 g/mol. The van der Waals surface area contributed by atoms with Crippen LogP contribution in [0.5, 0.6) is 5.75 Å². The zero-order chi connectivity index (χ0) is 18.9. The van der Waals surface area contributed by atoms with Gasteiger partial charge in [-0.3, -0.25) is 0 Å². The maximum atomic E-state index is 9.98. The van der Waals surface area contributed by atoms with Gasteiger partial charge in [-0.15, -0.1) is 0 Å². The number of methoxy groups -OCH3 is 1. The van der Waals surface area contributed by atoms with Crippen LogP contribution in [-0.4, -0.2) is 32.1 Å². The first-order valence-electron chi connectivity index (χ1n) is 8.57. The minimum Gasteiger partial charge on any atom is -0.497 e. The predicted octanol–water partition coefficient (Wildman–Crippen LogP) is 2.13. The van der Waals surface area contributed by atoms with Gasteiger partial charge >= 0.3 is 0 Å². The Labute approximate surface area is 153 Å². The van der Waals surface area contributed by atoms with Crippen molar-refractivity contribution in [3.05, 3.63) is 41.1 Å². The Morgan fingerprint density at radius 3 is 2.38 bits per heavy atom. The van der Waals surface area contributed by atoms with Crippen LogP contribution < -0.4 is 10.5 Å². The van der Waals surface area contributed by atoms with E-state index < -0.39 is 11.3 Å². The van der Waals surface area contributed by atoms with E-state index in [2.05, 4.69) is 23.1 Å². The summed E-state index contributed by atoms with van der Waals surface area (Å²) >= 11 is 0. The van der Waals surface area contributed by atoms with Gasteiger partial charge in [0.15, 0.2) is 5.41 Å². The number of nitrogens with zero attached hydrogens (tertiary/aromatic N) is 4. The number of nitrogens with two attached hydrogens (primary N) is 1. The lowest BCUT2D eigenvalue weighted by Gasteiger charge is -2.48. The second-order valence-electron chi connectivity index (χ2n) is 7.04. The van der Waals surface area contributed by atoms with Crippen LogP contribution in [0.2, 0.25) is 0 Å². The fourth-order valence-electron chi connectivity index (χ4n) is 4.49. The van der Waals surface area contributed by atoms with Crippen LogP contribution in [0.3, 0.4) is 0 Å². The molecular weight excluding hydrogens is 326 g/mol. The SMILES string of the molecule is COc1ccc([C@@H]2[C@H]3CN(C)CC[C@H]3C(C#N)=C(N)C2(C#N)C#N)cc1. The number of allylic oxidation sites excluding steroid dienone is 2. The summed E-state index contributed by atoms with van der Waals surface area (Å²) in [6.07, 6.45) is 0.796. The molecule has 1 aliphatic carbocycles. The molecule has 3 rings (SSSR count). The molecular formula is C20H21N5O. The van der Waals surface area contributed by atoms with Gasteiger partial charge in [-0.05, 0) is 43.6 Å². The standard InChI is InChI=1S/C20H21N5O/c1-25-8-7-15-16(9-21)19(24)20(11-22,12-23)18(17(15)10-25)13-3-5-14(26-2)6-4-13/h3-6,15,17-18H,7-8,10,24H2,1-2H3/t15-,17-,18+/m0/s1. The molecule has 1 aromatic rings. The maximum absolute atomic E-state index is 9.98. The quantitative estimate of drug-likeness (QED) is 0.877. The number of hydrogen-bond donors (Lipinski definition) is 1. The summed E-state index contributed by atoms with van der Waals surface area (Å²) < 4.78 is 5.23. The number of hydrogen-bond acceptors (Lipinski definition) is 6. The van der Waals surface area contributed by atoms with Crippen LogP contribution >= 0.6 is 0 Å². The summed E-state index contributed by atoms with van der Waals surface area (Å²) in [6.45, 7) is 1.58. The zero-order valence-corrected chi connectivity index (χ0v) is 14.9. The molecule has 0 amide bonds. The third-order valence-electron chi connectivity index (χ3n) is 5.79. The first-order valence-corrected chi connectivity index (χ1v) is 8.57. The third kappa shape index (κ3) is 2.49. The molecule has 1 aromatic carbocycles. The smallest absolute Gasteiger partial charge is 0.190 e. The van der Waals surface area contributed by atoms with Gasteiger partial charge in [0.05, 0.1) is 36.6 Å². The van der Waals surface area contributed by atoms with Crippen molar-refractivity contribution in [3.8, 4) is 24.0 Å². The highest BCUT2D eigenvalue weighted by Gasteiger charge is 2.56. The van der Waals surface area contributed by atoms with Gasteiger partial charge in [-0.1, -0.05) is 12.1 Å². The number of ether oxygens (including phenoxy) is 1. The largest absolute Gasteiger partial charge is 0.497 e. The summed E-state index contributed by atoms with van der Waals surface area (Å²) in [6, 6.07) is 14.0. The van der Waals surface area contributed by atoms with E-state index in [0.29, 0.717) is 17.9 Å². The predicted molar refractivity (Wildman–Crippen MR) is 95.3 cm³/mol. The molecule has 2 aliphatic rings.